The van der Waals surface area contributed by atoms with Gasteiger partial charge in [0.25, 0.3) is 5.91 Å². The van der Waals surface area contributed by atoms with E-state index < -0.39 is 5.91 Å². The second-order valence-electron chi connectivity index (χ2n) is 7.75. The predicted molar refractivity (Wildman–Crippen MR) is 145 cm³/mol. The Morgan fingerprint density at radius 2 is 1.61 bits per heavy atom. The number of fused-ring (bicyclic) bond motifs is 1. The predicted octanol–water partition coefficient (Wildman–Crippen LogP) is 4.46. The Labute approximate surface area is 221 Å². The number of hydrogen-bond donors (Lipinski definition) is 4. The molecule has 2 aromatic carbocycles. The fourth-order valence-electron chi connectivity index (χ4n) is 3.87. The first-order valence-corrected chi connectivity index (χ1v) is 10.9. The van der Waals surface area contributed by atoms with Gasteiger partial charge in [-0.2, -0.15) is 0 Å². The summed E-state index contributed by atoms with van der Waals surface area (Å²) in [5, 5.41) is 21.8. The van der Waals surface area contributed by atoms with Crippen LogP contribution in [-0.4, -0.2) is 46.5 Å². The maximum absolute atomic E-state index is 12.4. The van der Waals surface area contributed by atoms with E-state index in [1.807, 2.05) is 36.4 Å². The molecule has 0 aliphatic heterocycles. The van der Waals surface area contributed by atoms with Crippen LogP contribution in [0.2, 0.25) is 0 Å². The minimum Gasteiger partial charge on any atom is -0.494 e. The third kappa shape index (κ3) is 6.41. The van der Waals surface area contributed by atoms with Gasteiger partial charge < -0.3 is 15.2 Å². The van der Waals surface area contributed by atoms with Crippen molar-refractivity contribution >= 4 is 47.3 Å². The fourth-order valence-corrected chi connectivity index (χ4v) is 3.87. The van der Waals surface area contributed by atoms with E-state index in [0.717, 1.165) is 24.1 Å². The number of benzene rings is 2. The highest BCUT2D eigenvalue weighted by molar-refractivity contribution is 6.09. The van der Waals surface area contributed by atoms with Crippen LogP contribution in [0, 0.1) is 0 Å². The number of hydroxylamine groups is 1. The average molecular weight is 531 g/mol. The molecule has 0 spiro atoms. The lowest BCUT2D eigenvalue weighted by molar-refractivity contribution is 0.0705. The molecule has 36 heavy (non-hydrogen) atoms. The summed E-state index contributed by atoms with van der Waals surface area (Å²) in [6.07, 6.45) is 4.89. The summed E-state index contributed by atoms with van der Waals surface area (Å²) in [7, 11) is 1.47. The maximum Gasteiger partial charge on any atom is 0.279 e. The van der Waals surface area contributed by atoms with Crippen LogP contribution in [0.4, 0.5) is 5.69 Å². The molecule has 0 radical (unpaired) electrons. The quantitative estimate of drug-likeness (QED) is 0.186. The molecule has 0 aliphatic carbocycles. The minimum absolute atomic E-state index is 0. The molecule has 0 unspecified atom stereocenters. The summed E-state index contributed by atoms with van der Waals surface area (Å²) >= 11 is 0. The summed E-state index contributed by atoms with van der Waals surface area (Å²) in [5.74, 6) is -0.414. The van der Waals surface area contributed by atoms with Gasteiger partial charge >= 0.3 is 0 Å². The molecule has 190 valence electrons. The molecule has 0 saturated carbocycles. The molecule has 0 saturated heterocycles. The number of aliphatic hydroxyl groups is 1. The SMILES string of the molecule is COc1c(-c2ccc(CCc3ccc(NCCO)cc3)cc2)nc2ccncc2c1C(=O)NO.Cl.Cl. The van der Waals surface area contributed by atoms with Gasteiger partial charge in [0.05, 0.1) is 24.8 Å². The number of halogens is 2. The lowest BCUT2D eigenvalue weighted by Gasteiger charge is -2.15. The Morgan fingerprint density at radius 1 is 0.972 bits per heavy atom. The van der Waals surface area contributed by atoms with E-state index in [0.29, 0.717) is 23.1 Å². The molecule has 4 rings (SSSR count). The number of aliphatic hydroxyl groups excluding tert-OH is 1. The van der Waals surface area contributed by atoms with E-state index in [1.165, 1.54) is 24.4 Å². The Bertz CT molecular complexity index is 1290. The van der Waals surface area contributed by atoms with Crippen LogP contribution in [0.3, 0.4) is 0 Å². The number of rotatable bonds is 9. The first kappa shape index (κ1) is 28.8. The standard InChI is InChI=1S/C26H26N4O4.2ClH/c1-34-25-23(26(32)30-33)21-16-27-13-12-22(21)29-24(25)19-8-4-17(5-9-19)2-3-18-6-10-20(11-7-18)28-14-15-31;;/h4-13,16,28,31,33H,2-3,14-15H2,1H3,(H,30,32);2*1H. The van der Waals surface area contributed by atoms with Gasteiger partial charge in [-0.15, -0.1) is 24.8 Å². The molecule has 2 aromatic heterocycles. The number of pyridine rings is 2. The van der Waals surface area contributed by atoms with E-state index in [9.17, 15) is 10.0 Å². The lowest BCUT2D eigenvalue weighted by atomic mass is 10.00. The van der Waals surface area contributed by atoms with Gasteiger partial charge in [0.1, 0.15) is 5.69 Å². The van der Waals surface area contributed by atoms with Gasteiger partial charge in [-0.1, -0.05) is 36.4 Å². The molecule has 0 fully saturated rings. The molecule has 0 bridgehead atoms. The zero-order valence-corrected chi connectivity index (χ0v) is 21.2. The number of ether oxygens (including phenoxy) is 1. The summed E-state index contributed by atoms with van der Waals surface area (Å²) < 4.78 is 5.55. The van der Waals surface area contributed by atoms with Crippen LogP contribution in [0.15, 0.2) is 67.0 Å². The maximum atomic E-state index is 12.4. The van der Waals surface area contributed by atoms with Crippen molar-refractivity contribution in [3.8, 4) is 17.0 Å². The number of amides is 1. The third-order valence-electron chi connectivity index (χ3n) is 5.60. The van der Waals surface area contributed by atoms with Gasteiger partial charge in [-0.05, 0) is 42.2 Å². The van der Waals surface area contributed by atoms with Crippen molar-refractivity contribution in [2.45, 2.75) is 12.8 Å². The number of nitrogens with zero attached hydrogens (tertiary/aromatic N) is 2. The lowest BCUT2D eigenvalue weighted by Crippen LogP contribution is -2.20. The molecule has 0 aliphatic rings. The highest BCUT2D eigenvalue weighted by atomic mass is 35.5. The highest BCUT2D eigenvalue weighted by Crippen LogP contribution is 2.36. The summed E-state index contributed by atoms with van der Waals surface area (Å²) in [6, 6.07) is 17.9. The first-order chi connectivity index (χ1) is 16.6. The number of carbonyl (C=O) groups excluding carboxylic acids is 1. The summed E-state index contributed by atoms with van der Waals surface area (Å²) in [5.41, 5.74) is 7.14. The van der Waals surface area contributed by atoms with Crippen LogP contribution in [0.1, 0.15) is 21.5 Å². The molecule has 0 atom stereocenters. The highest BCUT2D eigenvalue weighted by Gasteiger charge is 2.22. The molecular formula is C26H28Cl2N4O4. The van der Waals surface area contributed by atoms with Crippen molar-refractivity contribution in [2.24, 2.45) is 0 Å². The summed E-state index contributed by atoms with van der Waals surface area (Å²) in [4.78, 5) is 21.2. The van der Waals surface area contributed by atoms with E-state index in [2.05, 4.69) is 22.4 Å². The number of carbonyl (C=O) groups is 1. The van der Waals surface area contributed by atoms with Gasteiger partial charge in [-0.25, -0.2) is 10.5 Å². The topological polar surface area (TPSA) is 117 Å². The van der Waals surface area contributed by atoms with Gasteiger partial charge in [0.2, 0.25) is 0 Å². The van der Waals surface area contributed by atoms with Gasteiger partial charge in [0, 0.05) is 35.6 Å². The van der Waals surface area contributed by atoms with Gasteiger partial charge in [-0.3, -0.25) is 15.0 Å². The monoisotopic (exact) mass is 530 g/mol. The van der Waals surface area contributed by atoms with Crippen molar-refractivity contribution in [3.63, 3.8) is 0 Å². The molecule has 10 heteroatoms. The minimum atomic E-state index is -0.687. The third-order valence-corrected chi connectivity index (χ3v) is 5.60. The van der Waals surface area contributed by atoms with Crippen LogP contribution >= 0.6 is 24.8 Å². The molecule has 8 nitrogen and oxygen atoms in total. The van der Waals surface area contributed by atoms with E-state index in [-0.39, 0.29) is 42.7 Å². The Balaban J connectivity index is 0.00000228. The zero-order chi connectivity index (χ0) is 23.9. The summed E-state index contributed by atoms with van der Waals surface area (Å²) in [6.45, 7) is 0.636. The van der Waals surface area contributed by atoms with Crippen molar-refractivity contribution in [3.05, 3.63) is 83.7 Å². The molecule has 1 amide bonds. The fraction of sp³-hybridized carbons (Fsp3) is 0.192. The molecular weight excluding hydrogens is 503 g/mol. The second kappa shape index (κ2) is 13.6. The normalized spacial score (nSPS) is 10.2. The van der Waals surface area contributed by atoms with E-state index >= 15 is 0 Å². The largest absolute Gasteiger partial charge is 0.494 e. The Kier molecular flexibility index (Phi) is 10.9. The zero-order valence-electron chi connectivity index (χ0n) is 19.6. The Hall–Kier alpha value is -3.43. The van der Waals surface area contributed by atoms with Gasteiger partial charge in [0.15, 0.2) is 5.75 Å². The number of aryl methyl sites for hydroxylation is 2. The number of methoxy groups -OCH3 is 1. The van der Waals surface area contributed by atoms with Crippen molar-refractivity contribution in [2.75, 3.05) is 25.6 Å². The van der Waals surface area contributed by atoms with Crippen molar-refractivity contribution in [1.82, 2.24) is 15.4 Å². The second-order valence-corrected chi connectivity index (χ2v) is 7.75. The number of nitrogens with one attached hydrogen (secondary N) is 2. The van der Waals surface area contributed by atoms with Crippen molar-refractivity contribution < 1.29 is 19.8 Å². The smallest absolute Gasteiger partial charge is 0.279 e. The van der Waals surface area contributed by atoms with Crippen LogP contribution in [-0.2, 0) is 12.8 Å². The Morgan fingerprint density at radius 3 is 2.19 bits per heavy atom. The molecule has 2 heterocycles. The molecule has 4 N–H and O–H groups in total. The first-order valence-electron chi connectivity index (χ1n) is 10.9. The number of anilines is 1. The molecule has 4 aromatic rings. The number of hydrogen-bond acceptors (Lipinski definition) is 7. The van der Waals surface area contributed by atoms with E-state index in [4.69, 9.17) is 14.8 Å². The van der Waals surface area contributed by atoms with Crippen LogP contribution in [0.5, 0.6) is 5.75 Å². The number of aromatic nitrogens is 2. The van der Waals surface area contributed by atoms with Crippen LogP contribution < -0.4 is 15.5 Å². The van der Waals surface area contributed by atoms with E-state index in [1.54, 1.807) is 17.7 Å². The average Bonchev–Trinajstić information content (AvgIpc) is 2.90. The van der Waals surface area contributed by atoms with Crippen LogP contribution in [0.25, 0.3) is 22.2 Å². The van der Waals surface area contributed by atoms with Crippen molar-refractivity contribution in [1.29, 1.82) is 0 Å².